The Hall–Kier alpha value is -1.06. The fourth-order valence-corrected chi connectivity index (χ4v) is 2.97. The molecule has 0 radical (unpaired) electrons. The lowest BCUT2D eigenvalue weighted by Crippen LogP contribution is -2.28. The van der Waals surface area contributed by atoms with Crippen LogP contribution in [0.15, 0.2) is 24.3 Å². The summed E-state index contributed by atoms with van der Waals surface area (Å²) in [5.74, 6) is 0.305. The smallest absolute Gasteiger partial charge is 0.223 e. The average Bonchev–Trinajstić information content (AvgIpc) is 3.04. The van der Waals surface area contributed by atoms with Gasteiger partial charge in [0.25, 0.3) is 0 Å². The number of carbonyl (C=O) groups is 1. The highest BCUT2D eigenvalue weighted by Crippen LogP contribution is 2.23. The first kappa shape index (κ1) is 14.4. The van der Waals surface area contributed by atoms with Crippen LogP contribution in [0, 0.1) is 0 Å². The lowest BCUT2D eigenvalue weighted by molar-refractivity contribution is -0.132. The molecule has 3 nitrogen and oxygen atoms in total. The van der Waals surface area contributed by atoms with Crippen LogP contribution < -0.4 is 5.32 Å². The maximum atomic E-state index is 12.2. The molecular weight excluding hydrogens is 260 g/mol. The van der Waals surface area contributed by atoms with Crippen molar-refractivity contribution in [3.8, 4) is 0 Å². The number of hydrogen-bond acceptors (Lipinski definition) is 2. The molecule has 2 aliphatic rings. The van der Waals surface area contributed by atoms with Crippen molar-refractivity contribution in [3.05, 3.63) is 35.4 Å². The minimum atomic E-state index is 0. The van der Waals surface area contributed by atoms with E-state index in [-0.39, 0.29) is 12.4 Å². The van der Waals surface area contributed by atoms with E-state index in [4.69, 9.17) is 0 Å². The van der Waals surface area contributed by atoms with Gasteiger partial charge in [-0.15, -0.1) is 12.4 Å². The largest absolute Gasteiger partial charge is 0.334 e. The minimum absolute atomic E-state index is 0. The molecule has 0 aromatic heterocycles. The third-order valence-corrected chi connectivity index (χ3v) is 4.06. The molecule has 1 aromatic rings. The van der Waals surface area contributed by atoms with Crippen molar-refractivity contribution in [1.82, 2.24) is 10.2 Å². The van der Waals surface area contributed by atoms with E-state index in [1.807, 2.05) is 4.90 Å². The molecule has 1 amide bonds. The molecule has 2 heterocycles. The Morgan fingerprint density at radius 3 is 2.53 bits per heavy atom. The number of nitrogens with one attached hydrogen (secondary N) is 1. The van der Waals surface area contributed by atoms with Crippen molar-refractivity contribution in [2.75, 3.05) is 6.54 Å². The van der Waals surface area contributed by atoms with Crippen LogP contribution in [0.5, 0.6) is 0 Å². The molecular formula is C15H21ClN2O. The van der Waals surface area contributed by atoms with Crippen LogP contribution in [-0.2, 0) is 17.9 Å². The zero-order chi connectivity index (χ0) is 12.4. The number of nitrogens with zero attached hydrogens (tertiary/aromatic N) is 1. The summed E-state index contributed by atoms with van der Waals surface area (Å²) in [6, 6.07) is 8.92. The van der Waals surface area contributed by atoms with Crippen LogP contribution in [0.25, 0.3) is 0 Å². The third kappa shape index (κ3) is 3.28. The Morgan fingerprint density at radius 1 is 1.26 bits per heavy atom. The van der Waals surface area contributed by atoms with Crippen LogP contribution in [0.2, 0.25) is 0 Å². The molecule has 1 saturated heterocycles. The SMILES string of the molecule is Cl.O=C(CCC1CCCN1)N1Cc2ccccc2C1. The van der Waals surface area contributed by atoms with E-state index in [9.17, 15) is 4.79 Å². The fourth-order valence-electron chi connectivity index (χ4n) is 2.97. The highest BCUT2D eigenvalue weighted by molar-refractivity contribution is 5.85. The second-order valence-corrected chi connectivity index (χ2v) is 5.35. The molecule has 104 valence electrons. The maximum Gasteiger partial charge on any atom is 0.223 e. The zero-order valence-electron chi connectivity index (χ0n) is 11.1. The average molecular weight is 281 g/mol. The molecule has 0 aliphatic carbocycles. The van der Waals surface area contributed by atoms with Gasteiger partial charge >= 0.3 is 0 Å². The van der Waals surface area contributed by atoms with Crippen molar-refractivity contribution in [1.29, 1.82) is 0 Å². The number of carbonyl (C=O) groups excluding carboxylic acids is 1. The van der Waals surface area contributed by atoms with Gasteiger partial charge in [0, 0.05) is 25.6 Å². The predicted octanol–water partition coefficient (Wildman–Crippen LogP) is 2.48. The number of halogens is 1. The third-order valence-electron chi connectivity index (χ3n) is 4.06. The first-order valence-electron chi connectivity index (χ1n) is 6.91. The molecule has 1 N–H and O–H groups in total. The van der Waals surface area contributed by atoms with E-state index in [0.29, 0.717) is 18.4 Å². The van der Waals surface area contributed by atoms with E-state index in [2.05, 4.69) is 29.6 Å². The molecule has 4 heteroatoms. The Balaban J connectivity index is 0.00000133. The number of amides is 1. The molecule has 2 aliphatic heterocycles. The number of fused-ring (bicyclic) bond motifs is 1. The number of benzene rings is 1. The molecule has 3 rings (SSSR count). The summed E-state index contributed by atoms with van der Waals surface area (Å²) in [7, 11) is 0. The molecule has 1 unspecified atom stereocenters. The molecule has 19 heavy (non-hydrogen) atoms. The van der Waals surface area contributed by atoms with Crippen LogP contribution >= 0.6 is 12.4 Å². The Bertz CT molecular complexity index is 419. The number of rotatable bonds is 3. The van der Waals surface area contributed by atoms with Gasteiger partial charge in [-0.05, 0) is 36.9 Å². The van der Waals surface area contributed by atoms with Crippen LogP contribution in [-0.4, -0.2) is 23.4 Å². The second-order valence-electron chi connectivity index (χ2n) is 5.35. The van der Waals surface area contributed by atoms with Crippen molar-refractivity contribution in [2.45, 2.75) is 44.8 Å². The Morgan fingerprint density at radius 2 is 1.95 bits per heavy atom. The highest BCUT2D eigenvalue weighted by Gasteiger charge is 2.23. The standard InChI is InChI=1S/C15H20N2O.ClH/c18-15(8-7-14-6-3-9-16-14)17-10-12-4-1-2-5-13(12)11-17;/h1-2,4-5,14,16H,3,6-11H2;1H. The monoisotopic (exact) mass is 280 g/mol. The quantitative estimate of drug-likeness (QED) is 0.923. The van der Waals surface area contributed by atoms with Gasteiger partial charge in [-0.1, -0.05) is 24.3 Å². The molecule has 1 atom stereocenters. The number of hydrogen-bond donors (Lipinski definition) is 1. The summed E-state index contributed by atoms with van der Waals surface area (Å²) in [4.78, 5) is 14.2. The fraction of sp³-hybridized carbons (Fsp3) is 0.533. The normalized spacial score (nSPS) is 21.1. The molecule has 0 bridgehead atoms. The summed E-state index contributed by atoms with van der Waals surface area (Å²) >= 11 is 0. The minimum Gasteiger partial charge on any atom is -0.334 e. The van der Waals surface area contributed by atoms with Crippen molar-refractivity contribution >= 4 is 18.3 Å². The molecule has 0 saturated carbocycles. The van der Waals surface area contributed by atoms with Gasteiger partial charge in [-0.25, -0.2) is 0 Å². The van der Waals surface area contributed by atoms with E-state index < -0.39 is 0 Å². The van der Waals surface area contributed by atoms with Gasteiger partial charge in [0.15, 0.2) is 0 Å². The summed E-state index contributed by atoms with van der Waals surface area (Å²) in [6.45, 7) is 2.72. The summed E-state index contributed by atoms with van der Waals surface area (Å²) in [5, 5.41) is 3.45. The van der Waals surface area contributed by atoms with Gasteiger partial charge in [0.1, 0.15) is 0 Å². The summed E-state index contributed by atoms with van der Waals surface area (Å²) in [6.07, 6.45) is 4.17. The summed E-state index contributed by atoms with van der Waals surface area (Å²) < 4.78 is 0. The maximum absolute atomic E-state index is 12.2. The lowest BCUT2D eigenvalue weighted by Gasteiger charge is -2.17. The Kier molecular flexibility index (Phi) is 4.83. The highest BCUT2D eigenvalue weighted by atomic mass is 35.5. The van der Waals surface area contributed by atoms with Gasteiger partial charge in [0.05, 0.1) is 0 Å². The van der Waals surface area contributed by atoms with Gasteiger partial charge < -0.3 is 10.2 Å². The van der Waals surface area contributed by atoms with E-state index in [1.165, 1.54) is 24.0 Å². The van der Waals surface area contributed by atoms with E-state index in [0.717, 1.165) is 26.1 Å². The van der Waals surface area contributed by atoms with Crippen molar-refractivity contribution in [2.24, 2.45) is 0 Å². The molecule has 1 fully saturated rings. The van der Waals surface area contributed by atoms with E-state index in [1.54, 1.807) is 0 Å². The second kappa shape index (κ2) is 6.40. The van der Waals surface area contributed by atoms with Crippen LogP contribution in [0.3, 0.4) is 0 Å². The van der Waals surface area contributed by atoms with Crippen molar-refractivity contribution in [3.63, 3.8) is 0 Å². The Labute approximate surface area is 120 Å². The molecule has 0 spiro atoms. The molecule has 1 aromatic carbocycles. The van der Waals surface area contributed by atoms with Gasteiger partial charge in [0.2, 0.25) is 5.91 Å². The van der Waals surface area contributed by atoms with Gasteiger partial charge in [-0.2, -0.15) is 0 Å². The lowest BCUT2D eigenvalue weighted by atomic mass is 10.1. The predicted molar refractivity (Wildman–Crippen MR) is 78.2 cm³/mol. The van der Waals surface area contributed by atoms with Crippen molar-refractivity contribution < 1.29 is 4.79 Å². The van der Waals surface area contributed by atoms with E-state index >= 15 is 0 Å². The first-order chi connectivity index (χ1) is 8.83. The first-order valence-corrected chi connectivity index (χ1v) is 6.91. The van der Waals surface area contributed by atoms with Gasteiger partial charge in [-0.3, -0.25) is 4.79 Å². The summed E-state index contributed by atoms with van der Waals surface area (Å²) in [5.41, 5.74) is 2.62. The van der Waals surface area contributed by atoms with Crippen LogP contribution in [0.1, 0.15) is 36.8 Å². The van der Waals surface area contributed by atoms with Crippen LogP contribution in [0.4, 0.5) is 0 Å². The topological polar surface area (TPSA) is 32.3 Å². The zero-order valence-corrected chi connectivity index (χ0v) is 11.9.